The van der Waals surface area contributed by atoms with E-state index in [1.807, 2.05) is 0 Å². The Hall–Kier alpha value is -1.11. The molecular weight excluding hydrogens is 146 g/mol. The predicted octanol–water partition coefficient (Wildman–Crippen LogP) is 3.00. The molecule has 1 N–H and O–H groups in total. The van der Waals surface area contributed by atoms with Crippen LogP contribution in [-0.4, -0.2) is 6.21 Å². The van der Waals surface area contributed by atoms with Gasteiger partial charge >= 0.3 is 0 Å². The third kappa shape index (κ3) is 2.19. The van der Waals surface area contributed by atoms with Crippen molar-refractivity contribution in [2.24, 2.45) is 0 Å². The van der Waals surface area contributed by atoms with Gasteiger partial charge < -0.3 is 5.41 Å². The summed E-state index contributed by atoms with van der Waals surface area (Å²) in [6.07, 6.45) is 2.18. The van der Waals surface area contributed by atoms with E-state index in [2.05, 4.69) is 38.1 Å². The van der Waals surface area contributed by atoms with Crippen LogP contribution in [0.5, 0.6) is 0 Å². The summed E-state index contributed by atoms with van der Waals surface area (Å²) in [5.74, 6) is 0.596. The lowest BCUT2D eigenvalue weighted by molar-refractivity contribution is 0.866. The summed E-state index contributed by atoms with van der Waals surface area (Å²) in [6, 6.07) is 8.48. The Morgan fingerprint density at radius 3 is 2.25 bits per heavy atom. The van der Waals surface area contributed by atoms with Gasteiger partial charge in [-0.05, 0) is 23.3 Å². The number of hydrogen-bond acceptors (Lipinski definition) is 1. The molecule has 0 saturated heterocycles. The van der Waals surface area contributed by atoms with E-state index in [1.54, 1.807) is 0 Å². The summed E-state index contributed by atoms with van der Waals surface area (Å²) in [6.45, 7) is 4.37. The first kappa shape index (κ1) is 8.98. The highest BCUT2D eigenvalue weighted by Crippen LogP contribution is 2.14. The van der Waals surface area contributed by atoms with Crippen LogP contribution in [0.3, 0.4) is 0 Å². The van der Waals surface area contributed by atoms with Gasteiger partial charge in [0, 0.05) is 6.42 Å². The summed E-state index contributed by atoms with van der Waals surface area (Å²) in [7, 11) is 0. The SMILES string of the molecule is CC(C)c1ccc(CC=N)cc1. The molecule has 0 atom stereocenters. The van der Waals surface area contributed by atoms with Gasteiger partial charge in [0.25, 0.3) is 0 Å². The molecule has 1 aromatic rings. The zero-order chi connectivity index (χ0) is 8.97. The van der Waals surface area contributed by atoms with Crippen LogP contribution in [0, 0.1) is 5.41 Å². The fourth-order valence-electron chi connectivity index (χ4n) is 1.16. The van der Waals surface area contributed by atoms with Crippen LogP contribution in [-0.2, 0) is 6.42 Å². The van der Waals surface area contributed by atoms with Gasteiger partial charge in [-0.1, -0.05) is 38.1 Å². The van der Waals surface area contributed by atoms with E-state index in [0.29, 0.717) is 5.92 Å². The molecule has 1 heteroatoms. The molecule has 0 aromatic heterocycles. The molecule has 1 aromatic carbocycles. The van der Waals surface area contributed by atoms with Crippen molar-refractivity contribution in [2.75, 3.05) is 0 Å². The van der Waals surface area contributed by atoms with Gasteiger partial charge in [-0.25, -0.2) is 0 Å². The van der Waals surface area contributed by atoms with Gasteiger partial charge in [0.15, 0.2) is 0 Å². The second kappa shape index (κ2) is 4.05. The van der Waals surface area contributed by atoms with Crippen LogP contribution in [0.1, 0.15) is 30.9 Å². The van der Waals surface area contributed by atoms with Crippen molar-refractivity contribution in [3.05, 3.63) is 35.4 Å². The fourth-order valence-corrected chi connectivity index (χ4v) is 1.16. The Balaban J connectivity index is 2.78. The smallest absolute Gasteiger partial charge is 0.00714 e. The minimum atomic E-state index is 0.596. The van der Waals surface area contributed by atoms with Gasteiger partial charge in [-0.2, -0.15) is 0 Å². The molecule has 0 heterocycles. The lowest BCUT2D eigenvalue weighted by Crippen LogP contribution is -1.89. The third-order valence-corrected chi connectivity index (χ3v) is 1.98. The average Bonchev–Trinajstić information content (AvgIpc) is 2.06. The molecule has 0 aliphatic heterocycles. The quantitative estimate of drug-likeness (QED) is 0.659. The first-order valence-corrected chi connectivity index (χ1v) is 4.32. The zero-order valence-corrected chi connectivity index (χ0v) is 7.67. The maximum Gasteiger partial charge on any atom is 0.00714 e. The van der Waals surface area contributed by atoms with Crippen LogP contribution in [0.15, 0.2) is 24.3 Å². The number of nitrogens with one attached hydrogen (secondary N) is 1. The molecule has 0 radical (unpaired) electrons. The number of hydrogen-bond donors (Lipinski definition) is 1. The van der Waals surface area contributed by atoms with Crippen molar-refractivity contribution in [3.63, 3.8) is 0 Å². The number of benzene rings is 1. The van der Waals surface area contributed by atoms with Crippen molar-refractivity contribution in [1.29, 1.82) is 5.41 Å². The van der Waals surface area contributed by atoms with E-state index in [0.717, 1.165) is 6.42 Å². The fraction of sp³-hybridized carbons (Fsp3) is 0.364. The maximum atomic E-state index is 6.95. The molecule has 0 aliphatic rings. The monoisotopic (exact) mass is 161 g/mol. The Morgan fingerprint density at radius 1 is 1.25 bits per heavy atom. The van der Waals surface area contributed by atoms with Crippen molar-refractivity contribution in [1.82, 2.24) is 0 Å². The summed E-state index contributed by atoms with van der Waals surface area (Å²) in [5.41, 5.74) is 2.58. The summed E-state index contributed by atoms with van der Waals surface area (Å²) in [5, 5.41) is 6.95. The minimum absolute atomic E-state index is 0.596. The molecule has 0 spiro atoms. The molecule has 0 fully saturated rings. The number of rotatable bonds is 3. The van der Waals surface area contributed by atoms with E-state index in [-0.39, 0.29) is 0 Å². The average molecular weight is 161 g/mol. The van der Waals surface area contributed by atoms with E-state index in [9.17, 15) is 0 Å². The normalized spacial score (nSPS) is 10.2. The van der Waals surface area contributed by atoms with Crippen LogP contribution in [0.2, 0.25) is 0 Å². The topological polar surface area (TPSA) is 23.9 Å². The summed E-state index contributed by atoms with van der Waals surface area (Å²) >= 11 is 0. The largest absolute Gasteiger partial charge is 0.313 e. The molecule has 0 unspecified atom stereocenters. The summed E-state index contributed by atoms with van der Waals surface area (Å²) in [4.78, 5) is 0. The highest BCUT2D eigenvalue weighted by Gasteiger charge is 1.97. The molecule has 12 heavy (non-hydrogen) atoms. The van der Waals surface area contributed by atoms with Crippen molar-refractivity contribution in [2.45, 2.75) is 26.2 Å². The Bertz CT molecular complexity index is 246. The summed E-state index contributed by atoms with van der Waals surface area (Å²) < 4.78 is 0. The first-order valence-electron chi connectivity index (χ1n) is 4.32. The molecule has 1 rings (SSSR count). The lowest BCUT2D eigenvalue weighted by Gasteiger charge is -2.04. The van der Waals surface area contributed by atoms with E-state index >= 15 is 0 Å². The highest BCUT2D eigenvalue weighted by molar-refractivity contribution is 5.57. The Labute approximate surface area is 73.9 Å². The van der Waals surface area contributed by atoms with E-state index in [1.165, 1.54) is 17.3 Å². The third-order valence-electron chi connectivity index (χ3n) is 1.98. The van der Waals surface area contributed by atoms with Gasteiger partial charge in [0.05, 0.1) is 0 Å². The lowest BCUT2D eigenvalue weighted by atomic mass is 10.0. The minimum Gasteiger partial charge on any atom is -0.313 e. The molecule has 0 aliphatic carbocycles. The Kier molecular flexibility index (Phi) is 3.03. The van der Waals surface area contributed by atoms with Crippen LogP contribution in [0.25, 0.3) is 0 Å². The van der Waals surface area contributed by atoms with E-state index in [4.69, 9.17) is 5.41 Å². The van der Waals surface area contributed by atoms with Gasteiger partial charge in [-0.15, -0.1) is 0 Å². The van der Waals surface area contributed by atoms with Gasteiger partial charge in [0.2, 0.25) is 0 Å². The standard InChI is InChI=1S/C11H15N/c1-9(2)11-5-3-10(4-6-11)7-8-12/h3-6,8-9,12H,7H2,1-2H3. The molecule has 64 valence electrons. The second-order valence-electron chi connectivity index (χ2n) is 3.30. The zero-order valence-electron chi connectivity index (χ0n) is 7.67. The highest BCUT2D eigenvalue weighted by atomic mass is 14.3. The second-order valence-corrected chi connectivity index (χ2v) is 3.30. The van der Waals surface area contributed by atoms with E-state index < -0.39 is 0 Å². The maximum absolute atomic E-state index is 6.95. The van der Waals surface area contributed by atoms with Crippen molar-refractivity contribution < 1.29 is 0 Å². The predicted molar refractivity (Wildman–Crippen MR) is 53.0 cm³/mol. The van der Waals surface area contributed by atoms with Crippen LogP contribution in [0.4, 0.5) is 0 Å². The molecule has 1 nitrogen and oxygen atoms in total. The van der Waals surface area contributed by atoms with Crippen LogP contribution >= 0.6 is 0 Å². The van der Waals surface area contributed by atoms with Crippen molar-refractivity contribution in [3.8, 4) is 0 Å². The molecular formula is C11H15N. The molecule has 0 bridgehead atoms. The first-order chi connectivity index (χ1) is 5.74. The van der Waals surface area contributed by atoms with Crippen molar-refractivity contribution >= 4 is 6.21 Å². The van der Waals surface area contributed by atoms with Gasteiger partial charge in [-0.3, -0.25) is 0 Å². The van der Waals surface area contributed by atoms with Crippen LogP contribution < -0.4 is 0 Å². The molecule has 0 saturated carbocycles. The van der Waals surface area contributed by atoms with Gasteiger partial charge in [0.1, 0.15) is 0 Å². The molecule has 0 amide bonds. The Morgan fingerprint density at radius 2 is 1.83 bits per heavy atom.